The Morgan fingerprint density at radius 1 is 1.32 bits per heavy atom. The number of nitrogens with zero attached hydrogens (tertiary/aromatic N) is 1. The van der Waals surface area contributed by atoms with Crippen molar-refractivity contribution in [3.63, 3.8) is 0 Å². The van der Waals surface area contributed by atoms with E-state index < -0.39 is 11.7 Å². The molecule has 0 unspecified atom stereocenters. The molecule has 1 aliphatic heterocycles. The van der Waals surface area contributed by atoms with E-state index in [4.69, 9.17) is 4.74 Å². The Hall–Kier alpha value is -1.72. The molecule has 0 aromatic carbocycles. The summed E-state index contributed by atoms with van der Waals surface area (Å²) >= 11 is 0. The molecule has 2 rings (SSSR count). The number of hydrogen-bond acceptors (Lipinski definition) is 3. The van der Waals surface area contributed by atoms with Crippen molar-refractivity contribution in [3.05, 3.63) is 16.0 Å². The van der Waals surface area contributed by atoms with Gasteiger partial charge in [-0.2, -0.15) is 0 Å². The summed E-state index contributed by atoms with van der Waals surface area (Å²) in [4.78, 5) is 25.5. The van der Waals surface area contributed by atoms with Crippen molar-refractivity contribution in [1.29, 1.82) is 0 Å². The maximum Gasteiger partial charge on any atom is 0.415 e. The summed E-state index contributed by atoms with van der Waals surface area (Å²) in [6, 6.07) is 0. The number of ether oxygens (including phenoxy) is 1. The second kappa shape index (κ2) is 4.15. The summed E-state index contributed by atoms with van der Waals surface area (Å²) in [5.41, 5.74) is 0.175. The molecule has 1 aromatic heterocycles. The Morgan fingerprint density at radius 3 is 2.53 bits per heavy atom. The average Bonchev–Trinajstić information content (AvgIpc) is 2.54. The minimum atomic E-state index is -0.581. The Balaban J connectivity index is 2.37. The normalized spacial score (nSPS) is 18.1. The van der Waals surface area contributed by atoms with Gasteiger partial charge in [0.2, 0.25) is 0 Å². The highest BCUT2D eigenvalue weighted by Gasteiger charge is 2.38. The van der Waals surface area contributed by atoms with Gasteiger partial charge in [0, 0.05) is 6.54 Å². The molecule has 2 heterocycles. The maximum atomic E-state index is 12.3. The molecule has 0 spiro atoms. The second-order valence-corrected chi connectivity index (χ2v) is 6.81. The molecule has 1 aromatic rings. The van der Waals surface area contributed by atoms with Crippen LogP contribution in [0.15, 0.2) is 4.79 Å². The molecule has 0 aliphatic carbocycles. The molecule has 106 valence electrons. The second-order valence-electron chi connectivity index (χ2n) is 6.81. The number of hydrogen-bond donors (Lipinski definition) is 2. The van der Waals surface area contributed by atoms with E-state index in [1.54, 1.807) is 0 Å². The molecular weight excluding hydrogens is 246 g/mol. The molecule has 0 radical (unpaired) electrons. The number of H-pyrrole nitrogens is 2. The first-order valence-electron chi connectivity index (χ1n) is 6.39. The number of amides is 1. The third-order valence-electron chi connectivity index (χ3n) is 2.95. The zero-order valence-corrected chi connectivity index (χ0v) is 12.1. The van der Waals surface area contributed by atoms with E-state index in [-0.39, 0.29) is 11.0 Å². The molecule has 0 atom stereocenters. The largest absolute Gasteiger partial charge is 0.443 e. The summed E-state index contributed by atoms with van der Waals surface area (Å²) in [7, 11) is 0. The molecule has 2 N–H and O–H groups in total. The summed E-state index contributed by atoms with van der Waals surface area (Å²) in [6.45, 7) is 10.00. The predicted molar refractivity (Wildman–Crippen MR) is 72.5 cm³/mol. The number of nitrogens with one attached hydrogen (secondary N) is 2. The standard InChI is InChI=1S/C13H21N3O3/c1-12(2,3)19-11(18)16-7-13(4,5)6-8-9(16)10(17)15-14-8/h6-7H2,1-5H3,(H2,14,15,17). The van der Waals surface area contributed by atoms with E-state index in [0.29, 0.717) is 12.2 Å². The van der Waals surface area contributed by atoms with E-state index in [2.05, 4.69) is 24.0 Å². The quantitative estimate of drug-likeness (QED) is 0.755. The molecule has 0 fully saturated rings. The van der Waals surface area contributed by atoms with Crippen LogP contribution >= 0.6 is 0 Å². The van der Waals surface area contributed by atoms with Crippen molar-refractivity contribution in [2.75, 3.05) is 11.4 Å². The van der Waals surface area contributed by atoms with Gasteiger partial charge in [-0.3, -0.25) is 14.8 Å². The number of carbonyl (C=O) groups is 1. The van der Waals surface area contributed by atoms with Crippen LogP contribution in [0, 0.1) is 5.41 Å². The van der Waals surface area contributed by atoms with Gasteiger partial charge in [0.25, 0.3) is 5.56 Å². The van der Waals surface area contributed by atoms with Crippen LogP contribution in [0.1, 0.15) is 40.3 Å². The van der Waals surface area contributed by atoms with Gasteiger partial charge in [-0.05, 0) is 32.6 Å². The SMILES string of the molecule is CC1(C)Cc2[nH][nH]c(=O)c2N(C(=O)OC(C)(C)C)C1. The molecule has 6 nitrogen and oxygen atoms in total. The number of aromatic nitrogens is 2. The van der Waals surface area contributed by atoms with Crippen molar-refractivity contribution < 1.29 is 9.53 Å². The summed E-state index contributed by atoms with van der Waals surface area (Å²) in [5, 5.41) is 5.38. The molecular formula is C13H21N3O3. The Morgan fingerprint density at radius 2 is 1.95 bits per heavy atom. The van der Waals surface area contributed by atoms with Gasteiger partial charge in [0.1, 0.15) is 11.3 Å². The summed E-state index contributed by atoms with van der Waals surface area (Å²) in [5.74, 6) is 0. The van der Waals surface area contributed by atoms with Gasteiger partial charge >= 0.3 is 6.09 Å². The van der Waals surface area contributed by atoms with Gasteiger partial charge in [0.05, 0.1) is 5.69 Å². The highest BCUT2D eigenvalue weighted by atomic mass is 16.6. The lowest BCUT2D eigenvalue weighted by Gasteiger charge is -2.37. The van der Waals surface area contributed by atoms with Crippen molar-refractivity contribution in [1.82, 2.24) is 10.2 Å². The lowest BCUT2D eigenvalue weighted by atomic mass is 9.84. The number of carbonyl (C=O) groups excluding carboxylic acids is 1. The van der Waals surface area contributed by atoms with Crippen LogP contribution in [0.25, 0.3) is 0 Å². The first kappa shape index (κ1) is 13.7. The van der Waals surface area contributed by atoms with E-state index >= 15 is 0 Å². The van der Waals surface area contributed by atoms with E-state index in [9.17, 15) is 9.59 Å². The molecule has 1 aliphatic rings. The van der Waals surface area contributed by atoms with Crippen LogP contribution in [0.2, 0.25) is 0 Å². The molecule has 0 saturated carbocycles. The average molecular weight is 267 g/mol. The Bertz CT molecular complexity index is 548. The molecule has 19 heavy (non-hydrogen) atoms. The van der Waals surface area contributed by atoms with Gasteiger partial charge in [-0.1, -0.05) is 13.8 Å². The van der Waals surface area contributed by atoms with Crippen molar-refractivity contribution in [3.8, 4) is 0 Å². The van der Waals surface area contributed by atoms with Crippen LogP contribution in [-0.2, 0) is 11.2 Å². The monoisotopic (exact) mass is 267 g/mol. The van der Waals surface area contributed by atoms with Crippen LogP contribution in [0.4, 0.5) is 10.5 Å². The lowest BCUT2D eigenvalue weighted by Crippen LogP contribution is -2.47. The highest BCUT2D eigenvalue weighted by Crippen LogP contribution is 2.33. The maximum absolute atomic E-state index is 12.3. The molecule has 1 amide bonds. The van der Waals surface area contributed by atoms with Gasteiger partial charge in [-0.15, -0.1) is 0 Å². The number of fused-ring (bicyclic) bond motifs is 1. The predicted octanol–water partition coefficient (Wildman–Crippen LogP) is 2.03. The fraction of sp³-hybridized carbons (Fsp3) is 0.692. The van der Waals surface area contributed by atoms with E-state index in [1.807, 2.05) is 20.8 Å². The van der Waals surface area contributed by atoms with Crippen molar-refractivity contribution in [2.45, 2.75) is 46.6 Å². The first-order valence-corrected chi connectivity index (χ1v) is 6.39. The number of rotatable bonds is 0. The first-order chi connectivity index (χ1) is 8.59. The van der Waals surface area contributed by atoms with Gasteiger partial charge < -0.3 is 9.84 Å². The molecule has 6 heteroatoms. The Labute approximate surface area is 112 Å². The molecule has 0 saturated heterocycles. The van der Waals surface area contributed by atoms with Crippen LogP contribution in [0.3, 0.4) is 0 Å². The third kappa shape index (κ3) is 2.83. The third-order valence-corrected chi connectivity index (χ3v) is 2.95. The summed E-state index contributed by atoms with van der Waals surface area (Å²) < 4.78 is 5.37. The minimum absolute atomic E-state index is 0.102. The van der Waals surface area contributed by atoms with Gasteiger partial charge in [-0.25, -0.2) is 4.79 Å². The van der Waals surface area contributed by atoms with Gasteiger partial charge in [0.15, 0.2) is 0 Å². The van der Waals surface area contributed by atoms with Crippen LogP contribution < -0.4 is 10.5 Å². The smallest absolute Gasteiger partial charge is 0.415 e. The summed E-state index contributed by atoms with van der Waals surface area (Å²) in [6.07, 6.45) is 0.243. The fourth-order valence-corrected chi connectivity index (χ4v) is 2.32. The zero-order chi connectivity index (χ0) is 14.4. The van der Waals surface area contributed by atoms with E-state index in [1.165, 1.54) is 4.90 Å². The zero-order valence-electron chi connectivity index (χ0n) is 12.1. The fourth-order valence-electron chi connectivity index (χ4n) is 2.32. The van der Waals surface area contributed by atoms with Crippen LogP contribution in [-0.4, -0.2) is 28.4 Å². The van der Waals surface area contributed by atoms with Crippen LogP contribution in [0.5, 0.6) is 0 Å². The number of anilines is 1. The van der Waals surface area contributed by atoms with Crippen molar-refractivity contribution >= 4 is 11.8 Å². The Kier molecular flexibility index (Phi) is 2.99. The lowest BCUT2D eigenvalue weighted by molar-refractivity contribution is 0.0560. The van der Waals surface area contributed by atoms with E-state index in [0.717, 1.165) is 12.1 Å². The topological polar surface area (TPSA) is 78.2 Å². The van der Waals surface area contributed by atoms with Crippen molar-refractivity contribution in [2.24, 2.45) is 5.41 Å². The molecule has 0 bridgehead atoms. The minimum Gasteiger partial charge on any atom is -0.443 e. The number of aromatic amines is 2. The highest BCUT2D eigenvalue weighted by molar-refractivity contribution is 5.89.